The Morgan fingerprint density at radius 1 is 0.979 bits per heavy atom. The molecule has 5 rings (SSSR count). The van der Waals surface area contributed by atoms with Crippen molar-refractivity contribution < 1.29 is 28.6 Å². The topological polar surface area (TPSA) is 113 Å². The summed E-state index contributed by atoms with van der Waals surface area (Å²) in [6.07, 6.45) is 1.40. The number of rotatable bonds is 9. The van der Waals surface area contributed by atoms with Crippen molar-refractivity contribution in [2.24, 2.45) is 11.1 Å². The highest BCUT2D eigenvalue weighted by atomic mass is 35.5. The van der Waals surface area contributed by atoms with Gasteiger partial charge in [0, 0.05) is 46.4 Å². The summed E-state index contributed by atoms with van der Waals surface area (Å²) in [5, 5.41) is 10.3. The lowest BCUT2D eigenvalue weighted by molar-refractivity contribution is 0.0492. The number of primary amides is 1. The SMILES string of the molecule is COc1ccc(-c2ccc(C(N)=O)cc2)cc1CN(C(=O)c1sc2cccc(F)c2c1Cl)C1CCC(N(CC(C)(C)C)C(=O)O)CC1. The van der Waals surface area contributed by atoms with E-state index in [2.05, 4.69) is 0 Å². The van der Waals surface area contributed by atoms with Crippen molar-refractivity contribution in [2.75, 3.05) is 13.7 Å². The first kappa shape index (κ1) is 34.2. The smallest absolute Gasteiger partial charge is 0.407 e. The molecule has 3 N–H and O–H groups in total. The number of carbonyl (C=O) groups is 3. The summed E-state index contributed by atoms with van der Waals surface area (Å²) in [6.45, 7) is 6.64. The Kier molecular flexibility index (Phi) is 10.1. The standard InChI is InChI=1S/C36H39ClFN3O5S/c1-36(2,3)20-41(35(44)45)26-15-13-25(14-16-26)40(34(43)32-31(37)30-27(38)6-5-7-29(30)47-32)19-24-18-23(12-17-28(24)46-4)21-8-10-22(11-9-21)33(39)42/h5-12,17-18,25-26H,13-16,19-20H2,1-4H3,(H2,39,42)(H,44,45). The minimum Gasteiger partial charge on any atom is -0.496 e. The van der Waals surface area contributed by atoms with Crippen molar-refractivity contribution in [2.45, 2.75) is 65.1 Å². The zero-order valence-electron chi connectivity index (χ0n) is 26.9. The second-order valence-corrected chi connectivity index (χ2v) is 14.6. The number of hydrogen-bond acceptors (Lipinski definition) is 5. The number of thiophene rings is 1. The lowest BCUT2D eigenvalue weighted by Crippen LogP contribution is -2.49. The third-order valence-electron chi connectivity index (χ3n) is 8.62. The van der Waals surface area contributed by atoms with Gasteiger partial charge in [0.25, 0.3) is 5.91 Å². The fourth-order valence-corrected chi connectivity index (χ4v) is 7.85. The number of carboxylic acid groups (broad SMARTS) is 1. The second-order valence-electron chi connectivity index (χ2n) is 13.2. The van der Waals surface area contributed by atoms with Gasteiger partial charge in [-0.3, -0.25) is 9.59 Å². The zero-order chi connectivity index (χ0) is 34.0. The largest absolute Gasteiger partial charge is 0.496 e. The molecule has 3 amide bonds. The predicted octanol–water partition coefficient (Wildman–Crippen LogP) is 8.45. The quantitative estimate of drug-likeness (QED) is 0.184. The summed E-state index contributed by atoms with van der Waals surface area (Å²) < 4.78 is 21.1. The first-order valence-corrected chi connectivity index (χ1v) is 16.7. The van der Waals surface area contributed by atoms with Crippen LogP contribution in [0.3, 0.4) is 0 Å². The van der Waals surface area contributed by atoms with Crippen molar-refractivity contribution in [3.05, 3.63) is 87.5 Å². The van der Waals surface area contributed by atoms with E-state index in [1.54, 1.807) is 36.3 Å². The maximum absolute atomic E-state index is 14.8. The van der Waals surface area contributed by atoms with Gasteiger partial charge in [0.15, 0.2) is 0 Å². The number of ether oxygens (including phenoxy) is 1. The van der Waals surface area contributed by atoms with Crippen LogP contribution in [0.15, 0.2) is 60.7 Å². The Balaban J connectivity index is 1.50. The molecule has 1 saturated carbocycles. The highest BCUT2D eigenvalue weighted by Gasteiger charge is 2.36. The van der Waals surface area contributed by atoms with Gasteiger partial charge in [-0.2, -0.15) is 0 Å². The van der Waals surface area contributed by atoms with E-state index in [1.165, 1.54) is 11.0 Å². The summed E-state index contributed by atoms with van der Waals surface area (Å²) in [7, 11) is 1.57. The van der Waals surface area contributed by atoms with E-state index in [0.717, 1.165) is 28.0 Å². The molecule has 11 heteroatoms. The molecule has 248 valence electrons. The van der Waals surface area contributed by atoms with Crippen LogP contribution >= 0.6 is 22.9 Å². The van der Waals surface area contributed by atoms with Gasteiger partial charge in [-0.1, -0.05) is 56.6 Å². The van der Waals surface area contributed by atoms with Gasteiger partial charge >= 0.3 is 6.09 Å². The van der Waals surface area contributed by atoms with Crippen molar-refractivity contribution in [3.8, 4) is 16.9 Å². The van der Waals surface area contributed by atoms with E-state index in [0.29, 0.717) is 48.2 Å². The normalized spacial score (nSPS) is 16.6. The molecule has 0 radical (unpaired) electrons. The lowest BCUT2D eigenvalue weighted by Gasteiger charge is -2.41. The zero-order valence-corrected chi connectivity index (χ0v) is 28.5. The van der Waals surface area contributed by atoms with Crippen molar-refractivity contribution >= 4 is 50.9 Å². The summed E-state index contributed by atoms with van der Waals surface area (Å²) in [6, 6.07) is 16.9. The van der Waals surface area contributed by atoms with Gasteiger partial charge in [-0.25, -0.2) is 9.18 Å². The Labute approximate surface area is 282 Å². The molecule has 1 aliphatic carbocycles. The number of hydrogen-bond donors (Lipinski definition) is 2. The minimum absolute atomic E-state index is 0.0873. The number of methoxy groups -OCH3 is 1. The molecule has 4 aromatic rings. The van der Waals surface area contributed by atoms with Crippen LogP contribution in [0.25, 0.3) is 21.2 Å². The highest BCUT2D eigenvalue weighted by molar-refractivity contribution is 7.21. The van der Waals surface area contributed by atoms with E-state index in [1.807, 2.05) is 51.1 Å². The van der Waals surface area contributed by atoms with Crippen LogP contribution in [0.2, 0.25) is 5.02 Å². The second kappa shape index (κ2) is 13.9. The molecule has 0 bridgehead atoms. The maximum Gasteiger partial charge on any atom is 0.407 e. The Morgan fingerprint density at radius 3 is 2.15 bits per heavy atom. The summed E-state index contributed by atoms with van der Waals surface area (Å²) in [4.78, 5) is 41.8. The molecule has 3 aromatic carbocycles. The Morgan fingerprint density at radius 2 is 1.60 bits per heavy atom. The fourth-order valence-electron chi connectivity index (χ4n) is 6.34. The molecule has 0 aliphatic heterocycles. The molecule has 0 spiro atoms. The van der Waals surface area contributed by atoms with Gasteiger partial charge in [0.1, 0.15) is 16.4 Å². The number of fused-ring (bicyclic) bond motifs is 1. The molecule has 1 heterocycles. The third-order valence-corrected chi connectivity index (χ3v) is 10.3. The molecule has 47 heavy (non-hydrogen) atoms. The van der Waals surface area contributed by atoms with Crippen LogP contribution in [0.1, 0.15) is 72.0 Å². The third kappa shape index (κ3) is 7.55. The average Bonchev–Trinajstić information content (AvgIpc) is 3.39. The van der Waals surface area contributed by atoms with E-state index >= 15 is 0 Å². The van der Waals surface area contributed by atoms with Crippen molar-refractivity contribution in [1.82, 2.24) is 9.80 Å². The fraction of sp³-hybridized carbons (Fsp3) is 0.361. The number of nitrogens with two attached hydrogens (primary N) is 1. The lowest BCUT2D eigenvalue weighted by atomic mass is 9.87. The van der Waals surface area contributed by atoms with E-state index in [9.17, 15) is 23.9 Å². The number of amides is 3. The highest BCUT2D eigenvalue weighted by Crippen LogP contribution is 2.40. The predicted molar refractivity (Wildman–Crippen MR) is 184 cm³/mol. The van der Waals surface area contributed by atoms with Crippen molar-refractivity contribution in [1.29, 1.82) is 0 Å². The molecule has 0 unspecified atom stereocenters. The summed E-state index contributed by atoms with van der Waals surface area (Å²) in [5.41, 5.74) is 8.08. The van der Waals surface area contributed by atoms with Gasteiger partial charge in [-0.05, 0) is 78.6 Å². The molecule has 0 saturated heterocycles. The Bertz CT molecular complexity index is 1790. The van der Waals surface area contributed by atoms with Crippen LogP contribution in [-0.2, 0) is 6.54 Å². The monoisotopic (exact) mass is 679 g/mol. The van der Waals surface area contributed by atoms with Crippen molar-refractivity contribution in [3.63, 3.8) is 0 Å². The Hall–Kier alpha value is -4.15. The van der Waals surface area contributed by atoms with Gasteiger partial charge in [-0.15, -0.1) is 11.3 Å². The number of benzene rings is 3. The molecule has 0 atom stereocenters. The number of nitrogens with zero attached hydrogens (tertiary/aromatic N) is 2. The molecular weight excluding hydrogens is 641 g/mol. The van der Waals surface area contributed by atoms with Gasteiger partial charge < -0.3 is 25.4 Å². The molecule has 1 fully saturated rings. The van der Waals surface area contributed by atoms with Crippen LogP contribution < -0.4 is 10.5 Å². The first-order valence-electron chi connectivity index (χ1n) is 15.5. The first-order chi connectivity index (χ1) is 22.3. The average molecular weight is 680 g/mol. The summed E-state index contributed by atoms with van der Waals surface area (Å²) in [5.74, 6) is -0.730. The van der Waals surface area contributed by atoms with Crippen LogP contribution in [-0.4, -0.2) is 58.6 Å². The number of halogens is 2. The van der Waals surface area contributed by atoms with Crippen LogP contribution in [0, 0.1) is 11.2 Å². The van der Waals surface area contributed by atoms with Gasteiger partial charge in [0.2, 0.25) is 5.91 Å². The molecule has 8 nitrogen and oxygen atoms in total. The molecule has 1 aromatic heterocycles. The van der Waals surface area contributed by atoms with Crippen LogP contribution in [0.5, 0.6) is 5.75 Å². The van der Waals surface area contributed by atoms with E-state index in [-0.39, 0.29) is 45.2 Å². The van der Waals surface area contributed by atoms with Gasteiger partial charge in [0.05, 0.1) is 12.1 Å². The van der Waals surface area contributed by atoms with E-state index in [4.69, 9.17) is 22.1 Å². The molecular formula is C36H39ClFN3O5S. The molecule has 1 aliphatic rings. The van der Waals surface area contributed by atoms with E-state index < -0.39 is 17.8 Å². The minimum atomic E-state index is -0.944. The maximum atomic E-state index is 14.8. The number of carbonyl (C=O) groups excluding carboxylic acids is 2. The summed E-state index contributed by atoms with van der Waals surface area (Å²) >= 11 is 7.86. The van der Waals surface area contributed by atoms with Crippen LogP contribution in [0.4, 0.5) is 9.18 Å².